The van der Waals surface area contributed by atoms with Gasteiger partial charge in [0.15, 0.2) is 5.82 Å². The van der Waals surface area contributed by atoms with Crippen LogP contribution in [-0.2, 0) is 11.2 Å². The molecule has 5 rings (SSSR count). The highest BCUT2D eigenvalue weighted by molar-refractivity contribution is 5.79. The van der Waals surface area contributed by atoms with Gasteiger partial charge in [0.2, 0.25) is 5.91 Å². The Morgan fingerprint density at radius 3 is 2.27 bits per heavy atom. The van der Waals surface area contributed by atoms with Gasteiger partial charge in [-0.1, -0.05) is 61.7 Å². The minimum atomic E-state index is -0.383. The van der Waals surface area contributed by atoms with Crippen LogP contribution < -0.4 is 4.90 Å². The Kier molecular flexibility index (Phi) is 7.44. The molecular formula is C29H33N5O3. The van der Waals surface area contributed by atoms with Gasteiger partial charge in [0.1, 0.15) is 5.82 Å². The zero-order valence-corrected chi connectivity index (χ0v) is 21.3. The molecule has 1 saturated heterocycles. The molecule has 1 aromatic heterocycles. The summed E-state index contributed by atoms with van der Waals surface area (Å²) < 4.78 is 0. The molecular weight excluding hydrogens is 466 g/mol. The van der Waals surface area contributed by atoms with Gasteiger partial charge < -0.3 is 9.80 Å². The van der Waals surface area contributed by atoms with E-state index in [4.69, 9.17) is 9.97 Å². The minimum absolute atomic E-state index is 0.0788. The zero-order valence-electron chi connectivity index (χ0n) is 21.3. The predicted molar refractivity (Wildman–Crippen MR) is 143 cm³/mol. The van der Waals surface area contributed by atoms with Gasteiger partial charge in [0, 0.05) is 67.5 Å². The van der Waals surface area contributed by atoms with E-state index in [-0.39, 0.29) is 16.5 Å². The summed E-state index contributed by atoms with van der Waals surface area (Å²) in [5, 5.41) is 11.1. The van der Waals surface area contributed by atoms with E-state index in [1.165, 1.54) is 6.42 Å². The molecule has 3 aromatic rings. The lowest BCUT2D eigenvalue weighted by Gasteiger charge is -2.38. The van der Waals surface area contributed by atoms with Crippen LogP contribution in [0.15, 0.2) is 54.6 Å². The lowest BCUT2D eigenvalue weighted by Crippen LogP contribution is -2.51. The molecule has 2 aliphatic rings. The summed E-state index contributed by atoms with van der Waals surface area (Å²) in [4.78, 5) is 38.0. The van der Waals surface area contributed by atoms with Crippen molar-refractivity contribution in [2.45, 2.75) is 45.4 Å². The van der Waals surface area contributed by atoms with Gasteiger partial charge in [-0.25, -0.2) is 9.97 Å². The van der Waals surface area contributed by atoms with Crippen LogP contribution in [0.4, 0.5) is 11.5 Å². The first-order valence-corrected chi connectivity index (χ1v) is 13.2. The second kappa shape index (κ2) is 11.1. The van der Waals surface area contributed by atoms with Crippen molar-refractivity contribution < 1.29 is 9.72 Å². The Labute approximate surface area is 217 Å². The lowest BCUT2D eigenvalue weighted by atomic mass is 9.88. The highest BCUT2D eigenvalue weighted by Gasteiger charge is 2.30. The number of nitro groups is 1. The van der Waals surface area contributed by atoms with Gasteiger partial charge in [0.25, 0.3) is 5.69 Å². The van der Waals surface area contributed by atoms with E-state index in [1.807, 2.05) is 42.2 Å². The van der Waals surface area contributed by atoms with Gasteiger partial charge in [-0.3, -0.25) is 14.9 Å². The van der Waals surface area contributed by atoms with Gasteiger partial charge in [0.05, 0.1) is 4.92 Å². The Balaban J connectivity index is 1.41. The summed E-state index contributed by atoms with van der Waals surface area (Å²) in [5.74, 6) is 2.06. The number of hydrogen-bond acceptors (Lipinski definition) is 6. The van der Waals surface area contributed by atoms with E-state index < -0.39 is 0 Å². The number of nitro benzene ring substituents is 1. The number of anilines is 1. The molecule has 1 aliphatic carbocycles. The Hall–Kier alpha value is -3.81. The van der Waals surface area contributed by atoms with E-state index in [2.05, 4.69) is 4.90 Å². The normalized spacial score (nSPS) is 16.6. The molecule has 2 fully saturated rings. The number of aromatic nitrogens is 2. The molecule has 8 nitrogen and oxygen atoms in total. The minimum Gasteiger partial charge on any atom is -0.353 e. The third-order valence-corrected chi connectivity index (χ3v) is 7.60. The summed E-state index contributed by atoms with van der Waals surface area (Å²) in [6, 6.07) is 16.6. The standard InChI is InChI=1S/C29H33N5O3/c1-21-26(20-22-12-14-25(15-13-22)34(36)37)28(31-27(30-21)23-8-4-2-5-9-23)32-16-18-33(19-17-32)29(35)24-10-6-3-7-11-24/h2,4-5,8-9,12-15,24H,3,6-7,10-11,16-20H2,1H3. The first-order valence-electron chi connectivity index (χ1n) is 13.2. The molecule has 0 spiro atoms. The SMILES string of the molecule is Cc1nc(-c2ccccc2)nc(N2CCN(C(=O)C3CCCCC3)CC2)c1Cc1ccc([N+](=O)[O-])cc1. The zero-order chi connectivity index (χ0) is 25.8. The Morgan fingerprint density at radius 2 is 1.62 bits per heavy atom. The molecule has 2 aromatic carbocycles. The maximum atomic E-state index is 13.1. The molecule has 0 radical (unpaired) electrons. The molecule has 8 heteroatoms. The van der Waals surface area contributed by atoms with E-state index in [1.54, 1.807) is 24.3 Å². The maximum Gasteiger partial charge on any atom is 0.269 e. The number of aryl methyl sites for hydroxylation is 1. The molecule has 192 valence electrons. The van der Waals surface area contributed by atoms with Crippen LogP contribution in [0.1, 0.15) is 48.9 Å². The molecule has 2 heterocycles. The van der Waals surface area contributed by atoms with Crippen LogP contribution in [0.2, 0.25) is 0 Å². The molecule has 1 saturated carbocycles. The summed E-state index contributed by atoms with van der Waals surface area (Å²) >= 11 is 0. The smallest absolute Gasteiger partial charge is 0.269 e. The fraction of sp³-hybridized carbons (Fsp3) is 0.414. The maximum absolute atomic E-state index is 13.1. The predicted octanol–water partition coefficient (Wildman–Crippen LogP) is 5.18. The molecule has 1 amide bonds. The Morgan fingerprint density at radius 1 is 0.946 bits per heavy atom. The van der Waals surface area contributed by atoms with Gasteiger partial charge in [-0.15, -0.1) is 0 Å². The van der Waals surface area contributed by atoms with Crippen LogP contribution >= 0.6 is 0 Å². The van der Waals surface area contributed by atoms with Crippen LogP contribution in [-0.4, -0.2) is 51.9 Å². The number of benzene rings is 2. The first kappa shape index (κ1) is 24.9. The van der Waals surface area contributed by atoms with Gasteiger partial charge >= 0.3 is 0 Å². The second-order valence-corrected chi connectivity index (χ2v) is 10.0. The first-order chi connectivity index (χ1) is 18.0. The van der Waals surface area contributed by atoms with Crippen molar-refractivity contribution in [3.63, 3.8) is 0 Å². The monoisotopic (exact) mass is 499 g/mol. The number of piperazine rings is 1. The average Bonchev–Trinajstić information content (AvgIpc) is 2.95. The number of non-ortho nitro benzene ring substituents is 1. The van der Waals surface area contributed by atoms with Crippen LogP contribution in [0.25, 0.3) is 11.4 Å². The lowest BCUT2D eigenvalue weighted by molar-refractivity contribution is -0.384. The fourth-order valence-electron chi connectivity index (χ4n) is 5.45. The summed E-state index contributed by atoms with van der Waals surface area (Å²) in [6.45, 7) is 4.82. The fourth-order valence-corrected chi connectivity index (χ4v) is 5.45. The number of hydrogen-bond donors (Lipinski definition) is 0. The quantitative estimate of drug-likeness (QED) is 0.343. The Bertz CT molecular complexity index is 1250. The summed E-state index contributed by atoms with van der Waals surface area (Å²) in [7, 11) is 0. The van der Waals surface area contributed by atoms with Crippen molar-refractivity contribution in [1.82, 2.24) is 14.9 Å². The molecule has 0 atom stereocenters. The summed E-state index contributed by atoms with van der Waals surface area (Å²) in [6.07, 6.45) is 6.17. The number of amides is 1. The van der Waals surface area contributed by atoms with Crippen molar-refractivity contribution in [1.29, 1.82) is 0 Å². The number of carbonyl (C=O) groups excluding carboxylic acids is 1. The van der Waals surface area contributed by atoms with Crippen molar-refractivity contribution in [2.75, 3.05) is 31.1 Å². The van der Waals surface area contributed by atoms with Crippen LogP contribution in [0, 0.1) is 23.0 Å². The summed E-state index contributed by atoms with van der Waals surface area (Å²) in [5.41, 5.74) is 3.91. The highest BCUT2D eigenvalue weighted by Crippen LogP contribution is 2.30. The third-order valence-electron chi connectivity index (χ3n) is 7.60. The largest absolute Gasteiger partial charge is 0.353 e. The van der Waals surface area contributed by atoms with Gasteiger partial charge in [-0.2, -0.15) is 0 Å². The number of carbonyl (C=O) groups is 1. The third kappa shape index (κ3) is 5.63. The van der Waals surface area contributed by atoms with E-state index in [9.17, 15) is 14.9 Å². The number of nitrogens with zero attached hydrogens (tertiary/aromatic N) is 5. The van der Waals surface area contributed by atoms with Crippen molar-refractivity contribution in [3.05, 3.63) is 81.5 Å². The van der Waals surface area contributed by atoms with E-state index in [0.717, 1.165) is 67.0 Å². The molecule has 0 bridgehead atoms. The van der Waals surface area contributed by atoms with Crippen molar-refractivity contribution in [3.8, 4) is 11.4 Å². The highest BCUT2D eigenvalue weighted by atomic mass is 16.6. The van der Waals surface area contributed by atoms with E-state index >= 15 is 0 Å². The van der Waals surface area contributed by atoms with E-state index in [0.29, 0.717) is 31.2 Å². The van der Waals surface area contributed by atoms with Crippen molar-refractivity contribution in [2.24, 2.45) is 5.92 Å². The van der Waals surface area contributed by atoms with Crippen LogP contribution in [0.3, 0.4) is 0 Å². The second-order valence-electron chi connectivity index (χ2n) is 10.0. The van der Waals surface area contributed by atoms with Crippen LogP contribution in [0.5, 0.6) is 0 Å². The molecule has 37 heavy (non-hydrogen) atoms. The van der Waals surface area contributed by atoms with Gasteiger partial charge in [-0.05, 0) is 25.3 Å². The number of rotatable bonds is 6. The molecule has 0 N–H and O–H groups in total. The molecule has 1 aliphatic heterocycles. The average molecular weight is 500 g/mol. The topological polar surface area (TPSA) is 92.5 Å². The molecule has 0 unspecified atom stereocenters. The van der Waals surface area contributed by atoms with Crippen molar-refractivity contribution >= 4 is 17.4 Å².